The molecule has 0 spiro atoms. The van der Waals surface area contributed by atoms with Gasteiger partial charge < -0.3 is 10.2 Å². The van der Waals surface area contributed by atoms with E-state index in [0.717, 1.165) is 26.2 Å². The van der Waals surface area contributed by atoms with Crippen molar-refractivity contribution in [2.45, 2.75) is 47.1 Å². The van der Waals surface area contributed by atoms with E-state index >= 15 is 0 Å². The average molecular weight is 248 g/mol. The molecule has 2 nitrogen and oxygen atoms in total. The predicted molar refractivity (Wildman–Crippen MR) is 81.4 cm³/mol. The van der Waals surface area contributed by atoms with Crippen LogP contribution < -0.4 is 10.2 Å². The van der Waals surface area contributed by atoms with Crippen LogP contribution in [0.15, 0.2) is 18.2 Å². The van der Waals surface area contributed by atoms with Gasteiger partial charge in [-0.15, -0.1) is 0 Å². The summed E-state index contributed by atoms with van der Waals surface area (Å²) in [5.41, 5.74) is 4.16. The first-order chi connectivity index (χ1) is 8.72. The summed E-state index contributed by atoms with van der Waals surface area (Å²) in [6.45, 7) is 13.2. The van der Waals surface area contributed by atoms with Gasteiger partial charge in [-0.1, -0.05) is 26.0 Å². The van der Waals surface area contributed by atoms with Crippen molar-refractivity contribution < 1.29 is 0 Å². The number of rotatable bonds is 8. The van der Waals surface area contributed by atoms with E-state index in [2.05, 4.69) is 56.1 Å². The van der Waals surface area contributed by atoms with Gasteiger partial charge in [0, 0.05) is 25.3 Å². The fourth-order valence-electron chi connectivity index (χ4n) is 2.31. The molecule has 0 radical (unpaired) electrons. The summed E-state index contributed by atoms with van der Waals surface area (Å²) in [6.07, 6.45) is 2.39. The first-order valence-electron chi connectivity index (χ1n) is 7.28. The van der Waals surface area contributed by atoms with E-state index in [1.165, 1.54) is 29.7 Å². The maximum Gasteiger partial charge on any atom is 0.0396 e. The Balaban J connectivity index is 2.71. The SMILES string of the molecule is CCCNCc1ccc(N(CC)CCC)c(C)c1. The molecule has 1 N–H and O–H groups in total. The molecule has 1 aromatic rings. The van der Waals surface area contributed by atoms with Crippen LogP contribution >= 0.6 is 0 Å². The Labute approximate surface area is 112 Å². The van der Waals surface area contributed by atoms with Gasteiger partial charge in [0.2, 0.25) is 0 Å². The largest absolute Gasteiger partial charge is 0.372 e. The standard InChI is InChI=1S/C16H28N2/c1-5-10-17-13-15-8-9-16(14(4)12-15)18(7-3)11-6-2/h8-9,12,17H,5-7,10-11,13H2,1-4H3. The van der Waals surface area contributed by atoms with Gasteiger partial charge in [-0.25, -0.2) is 0 Å². The number of nitrogens with zero attached hydrogens (tertiary/aromatic N) is 1. The third kappa shape index (κ3) is 4.34. The zero-order valence-electron chi connectivity index (χ0n) is 12.4. The van der Waals surface area contributed by atoms with Crippen molar-refractivity contribution in [3.63, 3.8) is 0 Å². The van der Waals surface area contributed by atoms with Crippen LogP contribution in [0.25, 0.3) is 0 Å². The Hall–Kier alpha value is -1.02. The smallest absolute Gasteiger partial charge is 0.0396 e. The highest BCUT2D eigenvalue weighted by Gasteiger charge is 2.06. The second-order valence-electron chi connectivity index (χ2n) is 4.88. The Bertz CT molecular complexity index is 347. The van der Waals surface area contributed by atoms with Gasteiger partial charge in [0.05, 0.1) is 0 Å². The van der Waals surface area contributed by atoms with Crippen LogP contribution in [-0.2, 0) is 6.54 Å². The van der Waals surface area contributed by atoms with Crippen molar-refractivity contribution in [1.82, 2.24) is 5.32 Å². The number of aryl methyl sites for hydroxylation is 1. The molecule has 0 atom stereocenters. The van der Waals surface area contributed by atoms with Gasteiger partial charge in [-0.05, 0) is 50.4 Å². The van der Waals surface area contributed by atoms with E-state index in [9.17, 15) is 0 Å². The van der Waals surface area contributed by atoms with Gasteiger partial charge in [-0.3, -0.25) is 0 Å². The van der Waals surface area contributed by atoms with Crippen LogP contribution in [0.1, 0.15) is 44.7 Å². The zero-order valence-corrected chi connectivity index (χ0v) is 12.4. The van der Waals surface area contributed by atoms with E-state index in [1.807, 2.05) is 0 Å². The lowest BCUT2D eigenvalue weighted by Gasteiger charge is -2.24. The zero-order chi connectivity index (χ0) is 13.4. The number of hydrogen-bond donors (Lipinski definition) is 1. The molecule has 0 saturated carbocycles. The monoisotopic (exact) mass is 248 g/mol. The second kappa shape index (κ2) is 8.15. The first-order valence-corrected chi connectivity index (χ1v) is 7.28. The maximum absolute atomic E-state index is 3.45. The van der Waals surface area contributed by atoms with Crippen LogP contribution in [0, 0.1) is 6.92 Å². The lowest BCUT2D eigenvalue weighted by Crippen LogP contribution is -2.24. The van der Waals surface area contributed by atoms with Crippen LogP contribution in [-0.4, -0.2) is 19.6 Å². The Kier molecular flexibility index (Phi) is 6.81. The molecular formula is C16H28N2. The maximum atomic E-state index is 3.45. The van der Waals surface area contributed by atoms with E-state index in [-0.39, 0.29) is 0 Å². The fraction of sp³-hybridized carbons (Fsp3) is 0.625. The number of anilines is 1. The van der Waals surface area contributed by atoms with Gasteiger partial charge >= 0.3 is 0 Å². The topological polar surface area (TPSA) is 15.3 Å². The minimum atomic E-state index is 0.981. The summed E-state index contributed by atoms with van der Waals surface area (Å²) in [5.74, 6) is 0. The molecular weight excluding hydrogens is 220 g/mol. The molecule has 18 heavy (non-hydrogen) atoms. The molecule has 0 fully saturated rings. The molecule has 102 valence electrons. The Morgan fingerprint density at radius 1 is 1.11 bits per heavy atom. The third-order valence-corrected chi connectivity index (χ3v) is 3.23. The predicted octanol–water partition coefficient (Wildman–Crippen LogP) is 3.73. The molecule has 0 bridgehead atoms. The van der Waals surface area contributed by atoms with Crippen molar-refractivity contribution in [1.29, 1.82) is 0 Å². The lowest BCUT2D eigenvalue weighted by atomic mass is 10.1. The molecule has 0 heterocycles. The summed E-state index contributed by atoms with van der Waals surface area (Å²) in [7, 11) is 0. The van der Waals surface area contributed by atoms with Crippen molar-refractivity contribution in [3.8, 4) is 0 Å². The fourth-order valence-corrected chi connectivity index (χ4v) is 2.31. The number of benzene rings is 1. The number of nitrogens with one attached hydrogen (secondary N) is 1. The summed E-state index contributed by atoms with van der Waals surface area (Å²) in [6, 6.07) is 6.84. The van der Waals surface area contributed by atoms with Crippen LogP contribution in [0.5, 0.6) is 0 Å². The van der Waals surface area contributed by atoms with E-state index in [0.29, 0.717) is 0 Å². The summed E-state index contributed by atoms with van der Waals surface area (Å²) in [5, 5.41) is 3.45. The molecule has 0 aliphatic heterocycles. The highest BCUT2D eigenvalue weighted by molar-refractivity contribution is 5.54. The average Bonchev–Trinajstić information content (AvgIpc) is 2.37. The molecule has 2 heteroatoms. The molecule has 1 rings (SSSR count). The van der Waals surface area contributed by atoms with E-state index in [1.54, 1.807) is 0 Å². The Morgan fingerprint density at radius 3 is 2.44 bits per heavy atom. The quantitative estimate of drug-likeness (QED) is 0.705. The third-order valence-electron chi connectivity index (χ3n) is 3.23. The van der Waals surface area contributed by atoms with Crippen molar-refractivity contribution >= 4 is 5.69 Å². The van der Waals surface area contributed by atoms with Gasteiger partial charge in [-0.2, -0.15) is 0 Å². The summed E-state index contributed by atoms with van der Waals surface area (Å²) in [4.78, 5) is 2.46. The van der Waals surface area contributed by atoms with Crippen molar-refractivity contribution in [3.05, 3.63) is 29.3 Å². The van der Waals surface area contributed by atoms with E-state index in [4.69, 9.17) is 0 Å². The van der Waals surface area contributed by atoms with Crippen molar-refractivity contribution in [2.75, 3.05) is 24.5 Å². The second-order valence-corrected chi connectivity index (χ2v) is 4.88. The highest BCUT2D eigenvalue weighted by Crippen LogP contribution is 2.21. The molecule has 1 aromatic carbocycles. The van der Waals surface area contributed by atoms with Gasteiger partial charge in [0.1, 0.15) is 0 Å². The molecule has 0 unspecified atom stereocenters. The highest BCUT2D eigenvalue weighted by atomic mass is 15.1. The number of hydrogen-bond acceptors (Lipinski definition) is 2. The van der Waals surface area contributed by atoms with Crippen LogP contribution in [0.4, 0.5) is 5.69 Å². The normalized spacial score (nSPS) is 10.7. The van der Waals surface area contributed by atoms with Gasteiger partial charge in [0.25, 0.3) is 0 Å². The molecule has 0 saturated heterocycles. The lowest BCUT2D eigenvalue weighted by molar-refractivity contribution is 0.675. The Morgan fingerprint density at radius 2 is 1.89 bits per heavy atom. The van der Waals surface area contributed by atoms with Crippen molar-refractivity contribution in [2.24, 2.45) is 0 Å². The minimum absolute atomic E-state index is 0.981. The van der Waals surface area contributed by atoms with Crippen LogP contribution in [0.2, 0.25) is 0 Å². The molecule has 0 aliphatic carbocycles. The molecule has 0 aliphatic rings. The van der Waals surface area contributed by atoms with Gasteiger partial charge in [0.15, 0.2) is 0 Å². The van der Waals surface area contributed by atoms with E-state index < -0.39 is 0 Å². The first kappa shape index (κ1) is 15.0. The van der Waals surface area contributed by atoms with Crippen LogP contribution in [0.3, 0.4) is 0 Å². The summed E-state index contributed by atoms with van der Waals surface area (Å²) >= 11 is 0. The minimum Gasteiger partial charge on any atom is -0.372 e. The summed E-state index contributed by atoms with van der Waals surface area (Å²) < 4.78 is 0. The molecule has 0 aromatic heterocycles. The molecule has 0 amide bonds.